The molecule has 1 aliphatic heterocycles. The molecule has 1 saturated carbocycles. The molecule has 3 heterocycles. The summed E-state index contributed by atoms with van der Waals surface area (Å²) in [5.74, 6) is 1.18. The Hall–Kier alpha value is -2.19. The molecule has 0 spiro atoms. The summed E-state index contributed by atoms with van der Waals surface area (Å²) >= 11 is 6.81. The van der Waals surface area contributed by atoms with E-state index in [1.54, 1.807) is 21.6 Å². The SMILES string of the molecule is CCCCCCCN1C(=O)C(=Cc2c(NC3CCC(C)CC3)nc3ccc(C)cn3c2=O)SC1=S. The third-order valence-electron chi connectivity index (χ3n) is 7.00. The second-order valence-electron chi connectivity index (χ2n) is 9.96. The Morgan fingerprint density at radius 1 is 1.14 bits per heavy atom. The number of carbonyl (C=O) groups is 1. The lowest BCUT2D eigenvalue weighted by molar-refractivity contribution is -0.122. The highest BCUT2D eigenvalue weighted by Crippen LogP contribution is 2.34. The standard InChI is InChI=1S/C27H36N4O2S2/c1-4-5-6-7-8-15-30-26(33)22(35-27(30)34)16-21-24(28-20-12-9-18(2)10-13-20)29-23-14-11-19(3)17-31(23)25(21)32/h11,14,16-18,20,28H,4-10,12-13,15H2,1-3H3. The lowest BCUT2D eigenvalue weighted by Gasteiger charge is -2.27. The predicted octanol–water partition coefficient (Wildman–Crippen LogP) is 6.17. The third-order valence-corrected chi connectivity index (χ3v) is 8.37. The molecule has 2 aromatic rings. The number of amides is 1. The third kappa shape index (κ3) is 6.15. The van der Waals surface area contributed by atoms with Gasteiger partial charge in [-0.05, 0) is 62.7 Å². The monoisotopic (exact) mass is 512 g/mol. The van der Waals surface area contributed by atoms with Crippen molar-refractivity contribution >= 4 is 51.7 Å². The fourth-order valence-electron chi connectivity index (χ4n) is 4.79. The maximum atomic E-state index is 13.6. The molecule has 1 amide bonds. The molecule has 0 bridgehead atoms. The van der Waals surface area contributed by atoms with Crippen LogP contribution in [0, 0.1) is 12.8 Å². The van der Waals surface area contributed by atoms with E-state index in [-0.39, 0.29) is 17.5 Å². The van der Waals surface area contributed by atoms with Gasteiger partial charge in [0.2, 0.25) is 0 Å². The number of anilines is 1. The summed E-state index contributed by atoms with van der Waals surface area (Å²) in [7, 11) is 0. The minimum Gasteiger partial charge on any atom is -0.367 e. The molecule has 4 rings (SSSR count). The number of thioether (sulfide) groups is 1. The average Bonchev–Trinajstić information content (AvgIpc) is 3.10. The van der Waals surface area contributed by atoms with Crippen molar-refractivity contribution in [2.24, 2.45) is 5.92 Å². The lowest BCUT2D eigenvalue weighted by atomic mass is 9.87. The Labute approximate surface area is 217 Å². The zero-order chi connectivity index (χ0) is 24.9. The summed E-state index contributed by atoms with van der Waals surface area (Å²) in [5.41, 5.74) is 1.83. The number of pyridine rings is 1. The molecule has 0 radical (unpaired) electrons. The van der Waals surface area contributed by atoms with Crippen LogP contribution in [-0.2, 0) is 4.79 Å². The van der Waals surface area contributed by atoms with Gasteiger partial charge in [0.05, 0.1) is 10.5 Å². The first-order valence-electron chi connectivity index (χ1n) is 12.9. The number of hydrogen-bond acceptors (Lipinski definition) is 6. The van der Waals surface area contributed by atoms with Crippen LogP contribution in [0.2, 0.25) is 0 Å². The summed E-state index contributed by atoms with van der Waals surface area (Å²) in [5, 5.41) is 3.55. The number of unbranched alkanes of at least 4 members (excludes halogenated alkanes) is 4. The highest BCUT2D eigenvalue weighted by atomic mass is 32.2. The first kappa shape index (κ1) is 25.9. The number of rotatable bonds is 9. The number of aryl methyl sites for hydroxylation is 1. The van der Waals surface area contributed by atoms with Crippen LogP contribution in [0.15, 0.2) is 28.0 Å². The van der Waals surface area contributed by atoms with Crippen LogP contribution in [0.4, 0.5) is 5.82 Å². The van der Waals surface area contributed by atoms with E-state index in [0.717, 1.165) is 50.0 Å². The molecule has 2 aromatic heterocycles. The molecular formula is C27H36N4O2S2. The molecule has 8 heteroatoms. The van der Waals surface area contributed by atoms with Crippen molar-refractivity contribution in [3.63, 3.8) is 0 Å². The number of carbonyl (C=O) groups excluding carboxylic acids is 1. The van der Waals surface area contributed by atoms with Gasteiger partial charge in [-0.1, -0.05) is 69.6 Å². The zero-order valence-electron chi connectivity index (χ0n) is 21.0. The smallest absolute Gasteiger partial charge is 0.267 e. The fraction of sp³-hybridized carbons (Fsp3) is 0.556. The Morgan fingerprint density at radius 3 is 2.63 bits per heavy atom. The van der Waals surface area contributed by atoms with Crippen molar-refractivity contribution in [2.75, 3.05) is 11.9 Å². The zero-order valence-corrected chi connectivity index (χ0v) is 22.6. The summed E-state index contributed by atoms with van der Waals surface area (Å²) in [6, 6.07) is 4.10. The van der Waals surface area contributed by atoms with E-state index in [0.29, 0.717) is 32.8 Å². The van der Waals surface area contributed by atoms with E-state index in [1.165, 1.54) is 31.0 Å². The summed E-state index contributed by atoms with van der Waals surface area (Å²) < 4.78 is 2.14. The first-order chi connectivity index (χ1) is 16.9. The van der Waals surface area contributed by atoms with Crippen molar-refractivity contribution in [3.05, 3.63) is 44.7 Å². The van der Waals surface area contributed by atoms with E-state index >= 15 is 0 Å². The summed E-state index contributed by atoms with van der Waals surface area (Å²) in [6.07, 6.45) is 13.5. The van der Waals surface area contributed by atoms with Crippen molar-refractivity contribution in [1.82, 2.24) is 14.3 Å². The van der Waals surface area contributed by atoms with Crippen LogP contribution in [0.5, 0.6) is 0 Å². The number of hydrogen-bond donors (Lipinski definition) is 1. The molecule has 1 saturated heterocycles. The highest BCUT2D eigenvalue weighted by Gasteiger charge is 2.32. The van der Waals surface area contributed by atoms with Gasteiger partial charge in [-0.2, -0.15) is 0 Å². The molecular weight excluding hydrogens is 476 g/mol. The highest BCUT2D eigenvalue weighted by molar-refractivity contribution is 8.26. The van der Waals surface area contributed by atoms with Crippen LogP contribution in [0.25, 0.3) is 11.7 Å². The van der Waals surface area contributed by atoms with Gasteiger partial charge in [0.25, 0.3) is 11.5 Å². The topological polar surface area (TPSA) is 66.7 Å². The lowest BCUT2D eigenvalue weighted by Crippen LogP contribution is -2.30. The molecule has 1 aliphatic carbocycles. The van der Waals surface area contributed by atoms with Crippen LogP contribution < -0.4 is 10.9 Å². The summed E-state index contributed by atoms with van der Waals surface area (Å²) in [6.45, 7) is 7.06. The number of thiocarbonyl (C=S) groups is 1. The number of nitrogens with zero attached hydrogens (tertiary/aromatic N) is 3. The van der Waals surface area contributed by atoms with Gasteiger partial charge in [0, 0.05) is 18.8 Å². The van der Waals surface area contributed by atoms with Crippen LogP contribution in [0.3, 0.4) is 0 Å². The number of aromatic nitrogens is 2. The fourth-order valence-corrected chi connectivity index (χ4v) is 6.08. The molecule has 1 N–H and O–H groups in total. The van der Waals surface area contributed by atoms with Gasteiger partial charge in [-0.25, -0.2) is 4.98 Å². The molecule has 0 unspecified atom stereocenters. The van der Waals surface area contributed by atoms with Gasteiger partial charge >= 0.3 is 0 Å². The van der Waals surface area contributed by atoms with Crippen LogP contribution >= 0.6 is 24.0 Å². The number of nitrogens with one attached hydrogen (secondary N) is 1. The van der Waals surface area contributed by atoms with Crippen LogP contribution in [0.1, 0.15) is 82.8 Å². The quantitative estimate of drug-likeness (QED) is 0.246. The molecule has 0 atom stereocenters. The maximum Gasteiger partial charge on any atom is 0.267 e. The Balaban J connectivity index is 1.63. The van der Waals surface area contributed by atoms with Gasteiger partial charge in [0.1, 0.15) is 15.8 Å². The van der Waals surface area contributed by atoms with Crippen molar-refractivity contribution in [3.8, 4) is 0 Å². The molecule has 188 valence electrons. The largest absolute Gasteiger partial charge is 0.367 e. The number of fused-ring (bicyclic) bond motifs is 1. The Bertz CT molecular complexity index is 1180. The Morgan fingerprint density at radius 2 is 1.89 bits per heavy atom. The molecule has 0 aromatic carbocycles. The van der Waals surface area contributed by atoms with E-state index in [4.69, 9.17) is 17.2 Å². The van der Waals surface area contributed by atoms with E-state index in [2.05, 4.69) is 19.2 Å². The normalized spacial score (nSPS) is 21.9. The van der Waals surface area contributed by atoms with E-state index in [1.807, 2.05) is 19.1 Å². The van der Waals surface area contributed by atoms with Gasteiger partial charge in [0.15, 0.2) is 0 Å². The minimum absolute atomic E-state index is 0.110. The first-order valence-corrected chi connectivity index (χ1v) is 14.1. The molecule has 6 nitrogen and oxygen atoms in total. The summed E-state index contributed by atoms with van der Waals surface area (Å²) in [4.78, 5) is 33.8. The second-order valence-corrected chi connectivity index (χ2v) is 11.6. The van der Waals surface area contributed by atoms with Crippen molar-refractivity contribution in [1.29, 1.82) is 0 Å². The van der Waals surface area contributed by atoms with E-state index < -0.39 is 0 Å². The molecule has 2 fully saturated rings. The van der Waals surface area contributed by atoms with E-state index in [9.17, 15) is 9.59 Å². The molecule has 2 aliphatic rings. The second kappa shape index (κ2) is 11.7. The van der Waals surface area contributed by atoms with Crippen molar-refractivity contribution in [2.45, 2.75) is 84.6 Å². The van der Waals surface area contributed by atoms with Gasteiger partial charge < -0.3 is 5.32 Å². The van der Waals surface area contributed by atoms with Crippen LogP contribution in [-0.4, -0.2) is 37.1 Å². The van der Waals surface area contributed by atoms with Crippen molar-refractivity contribution < 1.29 is 4.79 Å². The maximum absolute atomic E-state index is 13.6. The minimum atomic E-state index is -0.171. The Kier molecular flexibility index (Phi) is 8.65. The average molecular weight is 513 g/mol. The van der Waals surface area contributed by atoms with Gasteiger partial charge in [-0.3, -0.25) is 18.9 Å². The predicted molar refractivity (Wildman–Crippen MR) is 150 cm³/mol. The molecule has 35 heavy (non-hydrogen) atoms. The van der Waals surface area contributed by atoms with Gasteiger partial charge in [-0.15, -0.1) is 0 Å².